The van der Waals surface area contributed by atoms with Crippen molar-refractivity contribution in [1.29, 1.82) is 0 Å². The van der Waals surface area contributed by atoms with Crippen LogP contribution in [0.1, 0.15) is 60.5 Å². The Kier molecular flexibility index (Phi) is 8.38. The van der Waals surface area contributed by atoms with Gasteiger partial charge in [-0.2, -0.15) is 0 Å². The molecule has 206 valence electrons. The zero-order valence-corrected chi connectivity index (χ0v) is 23.0. The lowest BCUT2D eigenvalue weighted by molar-refractivity contribution is -0.135. The van der Waals surface area contributed by atoms with Crippen molar-refractivity contribution in [3.8, 4) is 5.69 Å². The van der Waals surface area contributed by atoms with Gasteiger partial charge in [-0.3, -0.25) is 9.59 Å². The van der Waals surface area contributed by atoms with E-state index in [4.69, 9.17) is 0 Å². The minimum Gasteiger partial charge on any atom is -0.340 e. The molecular weight excluding hydrogens is 490 g/mol. The first-order valence-electron chi connectivity index (χ1n) is 14.0. The topological polar surface area (TPSA) is 104 Å². The van der Waals surface area contributed by atoms with Gasteiger partial charge in [-0.25, -0.2) is 4.68 Å². The molecule has 0 spiro atoms. The molecule has 0 unspecified atom stereocenters. The van der Waals surface area contributed by atoms with Crippen LogP contribution >= 0.6 is 0 Å². The lowest BCUT2D eigenvalue weighted by Gasteiger charge is -2.38. The van der Waals surface area contributed by atoms with Gasteiger partial charge in [0.05, 0.1) is 18.1 Å². The van der Waals surface area contributed by atoms with Gasteiger partial charge in [0.15, 0.2) is 0 Å². The van der Waals surface area contributed by atoms with Crippen molar-refractivity contribution < 1.29 is 9.59 Å². The number of piperazine rings is 1. The standard InChI is InChI=1S/C30H39N7O2/c1-20-6-8-23(9-7-20)26-17-28(26)31-14-4-5-27(30(39)36-18-21(2)33-22(3)19-36)34-29(38)24-10-12-25(13-11-24)37-16-15-32-35-37/h6-13,15-16,21-22,26-28,31,33H,4-5,14,17-19H2,1-3H3,(H,34,38)/t21-,22+,26-,27-,28+/m0/s1. The van der Waals surface area contributed by atoms with Crippen LogP contribution in [0, 0.1) is 6.92 Å². The molecule has 5 atom stereocenters. The highest BCUT2D eigenvalue weighted by Crippen LogP contribution is 2.40. The Morgan fingerprint density at radius 1 is 1.05 bits per heavy atom. The van der Waals surface area contributed by atoms with Crippen LogP contribution < -0.4 is 16.0 Å². The van der Waals surface area contributed by atoms with Crippen LogP contribution in [0.2, 0.25) is 0 Å². The summed E-state index contributed by atoms with van der Waals surface area (Å²) in [6, 6.07) is 16.3. The van der Waals surface area contributed by atoms with Crippen molar-refractivity contribution in [2.45, 2.75) is 70.1 Å². The first kappa shape index (κ1) is 27.0. The van der Waals surface area contributed by atoms with E-state index in [1.807, 2.05) is 17.0 Å². The summed E-state index contributed by atoms with van der Waals surface area (Å²) in [5.41, 5.74) is 3.99. The number of nitrogens with one attached hydrogen (secondary N) is 3. The third-order valence-corrected chi connectivity index (χ3v) is 7.66. The van der Waals surface area contributed by atoms with Gasteiger partial charge in [-0.1, -0.05) is 35.0 Å². The van der Waals surface area contributed by atoms with Gasteiger partial charge in [0.2, 0.25) is 5.91 Å². The molecule has 3 N–H and O–H groups in total. The van der Waals surface area contributed by atoms with Gasteiger partial charge < -0.3 is 20.9 Å². The molecule has 2 amide bonds. The van der Waals surface area contributed by atoms with E-state index in [0.29, 0.717) is 37.0 Å². The summed E-state index contributed by atoms with van der Waals surface area (Å²) in [6.45, 7) is 8.38. The van der Waals surface area contributed by atoms with Crippen molar-refractivity contribution in [3.63, 3.8) is 0 Å². The number of hydrogen-bond acceptors (Lipinski definition) is 6. The zero-order chi connectivity index (χ0) is 27.4. The molecule has 1 saturated carbocycles. The van der Waals surface area contributed by atoms with E-state index in [2.05, 4.69) is 71.3 Å². The number of carbonyl (C=O) groups excluding carboxylic acids is 2. The lowest BCUT2D eigenvalue weighted by Crippen LogP contribution is -2.59. The first-order chi connectivity index (χ1) is 18.9. The average molecular weight is 530 g/mol. The molecule has 0 bridgehead atoms. The monoisotopic (exact) mass is 529 g/mol. The second kappa shape index (κ2) is 12.1. The van der Waals surface area contributed by atoms with Crippen LogP contribution in [-0.2, 0) is 4.79 Å². The van der Waals surface area contributed by atoms with E-state index in [1.54, 1.807) is 29.2 Å². The summed E-state index contributed by atoms with van der Waals surface area (Å²) >= 11 is 0. The maximum Gasteiger partial charge on any atom is 0.251 e. The normalized spacial score (nSPS) is 23.3. The molecule has 9 nitrogen and oxygen atoms in total. The summed E-state index contributed by atoms with van der Waals surface area (Å²) in [5.74, 6) is 0.308. The number of amides is 2. The number of aryl methyl sites for hydroxylation is 1. The van der Waals surface area contributed by atoms with Crippen LogP contribution in [0.25, 0.3) is 5.69 Å². The highest BCUT2D eigenvalue weighted by molar-refractivity contribution is 5.97. The predicted octanol–water partition coefficient (Wildman–Crippen LogP) is 2.81. The molecule has 1 aromatic heterocycles. The predicted molar refractivity (Wildman–Crippen MR) is 151 cm³/mol. The molecule has 5 rings (SSSR count). The van der Waals surface area contributed by atoms with Crippen molar-refractivity contribution in [3.05, 3.63) is 77.6 Å². The fourth-order valence-corrected chi connectivity index (χ4v) is 5.53. The van der Waals surface area contributed by atoms with E-state index in [1.165, 1.54) is 11.1 Å². The quantitative estimate of drug-likeness (QED) is 0.349. The summed E-state index contributed by atoms with van der Waals surface area (Å²) in [4.78, 5) is 28.7. The molecule has 39 heavy (non-hydrogen) atoms. The van der Waals surface area contributed by atoms with E-state index in [9.17, 15) is 9.59 Å². The van der Waals surface area contributed by atoms with Gasteiger partial charge in [0.1, 0.15) is 6.04 Å². The lowest BCUT2D eigenvalue weighted by atomic mass is 10.1. The van der Waals surface area contributed by atoms with Crippen molar-refractivity contribution in [2.24, 2.45) is 0 Å². The highest BCUT2D eigenvalue weighted by atomic mass is 16.2. The Hall–Kier alpha value is -3.56. The van der Waals surface area contributed by atoms with E-state index < -0.39 is 6.04 Å². The molecule has 2 aromatic carbocycles. The fourth-order valence-electron chi connectivity index (χ4n) is 5.53. The molecule has 2 heterocycles. The van der Waals surface area contributed by atoms with Crippen molar-refractivity contribution in [1.82, 2.24) is 35.8 Å². The Morgan fingerprint density at radius 2 is 1.77 bits per heavy atom. The summed E-state index contributed by atoms with van der Waals surface area (Å²) in [7, 11) is 0. The molecular formula is C30H39N7O2. The third-order valence-electron chi connectivity index (χ3n) is 7.66. The molecule has 1 aliphatic carbocycles. The van der Waals surface area contributed by atoms with Gasteiger partial charge in [0, 0.05) is 42.7 Å². The van der Waals surface area contributed by atoms with Crippen LogP contribution in [0.15, 0.2) is 60.9 Å². The number of rotatable bonds is 10. The Morgan fingerprint density at radius 3 is 2.44 bits per heavy atom. The molecule has 2 fully saturated rings. The Balaban J connectivity index is 1.18. The van der Waals surface area contributed by atoms with E-state index in [0.717, 1.165) is 25.1 Å². The van der Waals surface area contributed by atoms with Crippen LogP contribution in [0.5, 0.6) is 0 Å². The third kappa shape index (κ3) is 6.91. The fraction of sp³-hybridized carbons (Fsp3) is 0.467. The van der Waals surface area contributed by atoms with Gasteiger partial charge >= 0.3 is 0 Å². The summed E-state index contributed by atoms with van der Waals surface area (Å²) in [6.07, 6.45) is 5.88. The molecule has 0 radical (unpaired) electrons. The largest absolute Gasteiger partial charge is 0.340 e. The number of benzene rings is 2. The molecule has 1 saturated heterocycles. The van der Waals surface area contributed by atoms with Crippen molar-refractivity contribution >= 4 is 11.8 Å². The summed E-state index contributed by atoms with van der Waals surface area (Å²) in [5, 5.41) is 18.0. The minimum atomic E-state index is -0.570. The number of nitrogens with zero attached hydrogens (tertiary/aromatic N) is 4. The maximum absolute atomic E-state index is 13.6. The number of hydrogen-bond donors (Lipinski definition) is 3. The van der Waals surface area contributed by atoms with E-state index in [-0.39, 0.29) is 23.9 Å². The average Bonchev–Trinajstić information content (AvgIpc) is 3.48. The van der Waals surface area contributed by atoms with Gasteiger partial charge in [-0.05, 0) is 76.4 Å². The molecule has 2 aliphatic rings. The smallest absolute Gasteiger partial charge is 0.251 e. The highest BCUT2D eigenvalue weighted by Gasteiger charge is 2.37. The van der Waals surface area contributed by atoms with Gasteiger partial charge in [-0.15, -0.1) is 5.10 Å². The van der Waals surface area contributed by atoms with Crippen molar-refractivity contribution in [2.75, 3.05) is 19.6 Å². The van der Waals surface area contributed by atoms with Crippen LogP contribution in [-0.4, -0.2) is 75.5 Å². The van der Waals surface area contributed by atoms with Crippen LogP contribution in [0.4, 0.5) is 0 Å². The maximum atomic E-state index is 13.6. The molecule has 3 aromatic rings. The molecule has 9 heteroatoms. The summed E-state index contributed by atoms with van der Waals surface area (Å²) < 4.78 is 1.64. The van der Waals surface area contributed by atoms with Gasteiger partial charge in [0.25, 0.3) is 5.91 Å². The zero-order valence-electron chi connectivity index (χ0n) is 23.0. The SMILES string of the molecule is Cc1ccc([C@@H]2C[C@H]2NCCC[C@H](NC(=O)c2ccc(-n3ccnn3)cc2)C(=O)N2C[C@@H](C)N[C@@H](C)C2)cc1. The Labute approximate surface area is 230 Å². The van der Waals surface area contributed by atoms with Crippen LogP contribution in [0.3, 0.4) is 0 Å². The second-order valence-electron chi connectivity index (χ2n) is 11.1. The number of aromatic nitrogens is 3. The second-order valence-corrected chi connectivity index (χ2v) is 11.1. The molecule has 1 aliphatic heterocycles. The first-order valence-corrected chi connectivity index (χ1v) is 14.0. The minimum absolute atomic E-state index is 0.00765. The number of carbonyl (C=O) groups is 2. The Bertz CT molecular complexity index is 1230. The van der Waals surface area contributed by atoms with E-state index >= 15 is 0 Å².